The van der Waals surface area contributed by atoms with Crippen LogP contribution in [0.15, 0.2) is 48.5 Å². The van der Waals surface area contributed by atoms with Gasteiger partial charge in [0.25, 0.3) is 0 Å². The van der Waals surface area contributed by atoms with Crippen molar-refractivity contribution >= 4 is 17.7 Å². The predicted molar refractivity (Wildman–Crippen MR) is 107 cm³/mol. The fraction of sp³-hybridized carbons (Fsp3) is 0.364. The van der Waals surface area contributed by atoms with E-state index in [4.69, 9.17) is 9.47 Å². The van der Waals surface area contributed by atoms with E-state index in [1.807, 2.05) is 62.4 Å². The van der Waals surface area contributed by atoms with Crippen LogP contribution in [0.25, 0.3) is 0 Å². The van der Waals surface area contributed by atoms with E-state index in [9.17, 15) is 9.59 Å². The largest absolute Gasteiger partial charge is 0.497 e. The average molecular weight is 382 g/mol. The molecule has 0 aliphatic carbocycles. The second-order valence-electron chi connectivity index (χ2n) is 7.16. The molecule has 6 heteroatoms. The SMILES string of the molecule is COc1ccc2c(c1)CCN2C(=O)[C@@H](NC(=O)OCc1ccccc1)C(C)C. The number of hydrogen-bond donors (Lipinski definition) is 1. The number of alkyl carbamates (subject to hydrolysis) is 1. The highest BCUT2D eigenvalue weighted by Gasteiger charge is 2.33. The lowest BCUT2D eigenvalue weighted by Crippen LogP contribution is -2.51. The van der Waals surface area contributed by atoms with Crippen LogP contribution in [0.2, 0.25) is 0 Å². The molecule has 2 aromatic carbocycles. The number of carbonyl (C=O) groups is 2. The Morgan fingerprint density at radius 2 is 1.89 bits per heavy atom. The first kappa shape index (κ1) is 19.7. The number of carbonyl (C=O) groups excluding carboxylic acids is 2. The lowest BCUT2D eigenvalue weighted by Gasteiger charge is -2.27. The molecule has 1 aliphatic heterocycles. The van der Waals surface area contributed by atoms with Crippen LogP contribution in [0, 0.1) is 5.92 Å². The highest BCUT2D eigenvalue weighted by atomic mass is 16.5. The number of nitrogens with one attached hydrogen (secondary N) is 1. The molecule has 3 rings (SSSR count). The molecule has 2 amide bonds. The van der Waals surface area contributed by atoms with Gasteiger partial charge in [0, 0.05) is 12.2 Å². The van der Waals surface area contributed by atoms with Gasteiger partial charge >= 0.3 is 6.09 Å². The first-order chi connectivity index (χ1) is 13.5. The molecule has 0 spiro atoms. The van der Waals surface area contributed by atoms with E-state index in [-0.39, 0.29) is 18.4 Å². The van der Waals surface area contributed by atoms with Gasteiger partial charge in [0.1, 0.15) is 18.4 Å². The maximum Gasteiger partial charge on any atom is 0.408 e. The molecular weight excluding hydrogens is 356 g/mol. The van der Waals surface area contributed by atoms with Crippen molar-refractivity contribution in [2.45, 2.75) is 32.9 Å². The van der Waals surface area contributed by atoms with Gasteiger partial charge in [0.05, 0.1) is 7.11 Å². The minimum absolute atomic E-state index is 0.0703. The van der Waals surface area contributed by atoms with E-state index in [1.165, 1.54) is 0 Å². The molecule has 28 heavy (non-hydrogen) atoms. The minimum Gasteiger partial charge on any atom is -0.497 e. The smallest absolute Gasteiger partial charge is 0.408 e. The van der Waals surface area contributed by atoms with Crippen molar-refractivity contribution in [1.29, 1.82) is 0 Å². The zero-order chi connectivity index (χ0) is 20.1. The Labute approximate surface area is 165 Å². The molecule has 0 saturated carbocycles. The van der Waals surface area contributed by atoms with Crippen molar-refractivity contribution < 1.29 is 19.1 Å². The number of hydrogen-bond acceptors (Lipinski definition) is 4. The van der Waals surface area contributed by atoms with E-state index in [0.29, 0.717) is 6.54 Å². The van der Waals surface area contributed by atoms with Gasteiger partial charge in [-0.2, -0.15) is 0 Å². The van der Waals surface area contributed by atoms with E-state index in [1.54, 1.807) is 12.0 Å². The second kappa shape index (κ2) is 8.78. The van der Waals surface area contributed by atoms with Crippen molar-refractivity contribution in [2.24, 2.45) is 5.92 Å². The molecule has 6 nitrogen and oxygen atoms in total. The van der Waals surface area contributed by atoms with Crippen molar-refractivity contribution in [3.8, 4) is 5.75 Å². The molecule has 0 saturated heterocycles. The van der Waals surface area contributed by atoms with Crippen molar-refractivity contribution in [3.63, 3.8) is 0 Å². The summed E-state index contributed by atoms with van der Waals surface area (Å²) in [7, 11) is 1.62. The van der Waals surface area contributed by atoms with Gasteiger partial charge in [0.2, 0.25) is 5.91 Å². The summed E-state index contributed by atoms with van der Waals surface area (Å²) in [5, 5.41) is 2.74. The number of methoxy groups -OCH3 is 1. The van der Waals surface area contributed by atoms with E-state index >= 15 is 0 Å². The summed E-state index contributed by atoms with van der Waals surface area (Å²) < 4.78 is 10.5. The Morgan fingerprint density at radius 3 is 2.57 bits per heavy atom. The van der Waals surface area contributed by atoms with Crippen LogP contribution in [0.4, 0.5) is 10.5 Å². The number of amides is 2. The highest BCUT2D eigenvalue weighted by molar-refractivity contribution is 6.00. The zero-order valence-electron chi connectivity index (χ0n) is 16.5. The van der Waals surface area contributed by atoms with E-state index in [0.717, 1.165) is 29.0 Å². The molecule has 0 bridgehead atoms. The van der Waals surface area contributed by atoms with Gasteiger partial charge in [-0.1, -0.05) is 44.2 Å². The third kappa shape index (κ3) is 4.44. The molecule has 0 unspecified atom stereocenters. The van der Waals surface area contributed by atoms with Crippen LogP contribution >= 0.6 is 0 Å². The lowest BCUT2D eigenvalue weighted by atomic mass is 10.0. The monoisotopic (exact) mass is 382 g/mol. The number of ether oxygens (including phenoxy) is 2. The minimum atomic E-state index is -0.656. The van der Waals surface area contributed by atoms with Crippen LogP contribution in [0.5, 0.6) is 5.75 Å². The summed E-state index contributed by atoms with van der Waals surface area (Å²) in [5.41, 5.74) is 2.84. The normalized spacial score (nSPS) is 13.8. The van der Waals surface area contributed by atoms with Crippen LogP contribution in [-0.2, 0) is 22.6 Å². The first-order valence-electron chi connectivity index (χ1n) is 9.45. The molecule has 0 radical (unpaired) electrons. The van der Waals surface area contributed by atoms with Crippen LogP contribution < -0.4 is 15.0 Å². The molecule has 1 aliphatic rings. The molecule has 1 heterocycles. The molecule has 0 fully saturated rings. The van der Waals surface area contributed by atoms with Gasteiger partial charge < -0.3 is 19.7 Å². The van der Waals surface area contributed by atoms with Crippen LogP contribution in [-0.4, -0.2) is 31.7 Å². The zero-order valence-corrected chi connectivity index (χ0v) is 16.5. The lowest BCUT2D eigenvalue weighted by molar-refractivity contribution is -0.121. The molecule has 1 N–H and O–H groups in total. The maximum absolute atomic E-state index is 13.1. The van der Waals surface area contributed by atoms with Gasteiger partial charge in [-0.3, -0.25) is 4.79 Å². The van der Waals surface area contributed by atoms with Crippen LogP contribution in [0.3, 0.4) is 0 Å². The van der Waals surface area contributed by atoms with Crippen molar-refractivity contribution in [1.82, 2.24) is 5.32 Å². The first-order valence-corrected chi connectivity index (χ1v) is 9.45. The van der Waals surface area contributed by atoms with Crippen molar-refractivity contribution in [3.05, 3.63) is 59.7 Å². The summed E-state index contributed by atoms with van der Waals surface area (Å²) in [5.74, 6) is 0.575. The van der Waals surface area contributed by atoms with E-state index in [2.05, 4.69) is 5.32 Å². The third-order valence-electron chi connectivity index (χ3n) is 4.87. The number of rotatable bonds is 6. The van der Waals surface area contributed by atoms with Gasteiger partial charge in [-0.05, 0) is 41.7 Å². The maximum atomic E-state index is 13.1. The Bertz CT molecular complexity index is 836. The second-order valence-corrected chi connectivity index (χ2v) is 7.16. The molecule has 148 valence electrons. The number of anilines is 1. The Hall–Kier alpha value is -3.02. The Balaban J connectivity index is 1.66. The topological polar surface area (TPSA) is 67.9 Å². The quantitative estimate of drug-likeness (QED) is 0.830. The van der Waals surface area contributed by atoms with Crippen molar-refractivity contribution in [2.75, 3.05) is 18.6 Å². The number of benzene rings is 2. The summed E-state index contributed by atoms with van der Waals surface area (Å²) >= 11 is 0. The van der Waals surface area contributed by atoms with Crippen LogP contribution in [0.1, 0.15) is 25.0 Å². The third-order valence-corrected chi connectivity index (χ3v) is 4.87. The predicted octanol–water partition coefficient (Wildman–Crippen LogP) is 3.54. The number of fused-ring (bicyclic) bond motifs is 1. The standard InChI is InChI=1S/C22H26N2O4/c1-15(2)20(23-22(26)28-14-16-7-5-4-6-8-16)21(25)24-12-11-17-13-18(27-3)9-10-19(17)24/h4-10,13,15,20H,11-12,14H2,1-3H3,(H,23,26)/t20-/m0/s1. The molecule has 2 aromatic rings. The van der Waals surface area contributed by atoms with Gasteiger partial charge in [-0.25, -0.2) is 4.79 Å². The molecule has 0 aromatic heterocycles. The van der Waals surface area contributed by atoms with Gasteiger partial charge in [0.15, 0.2) is 0 Å². The fourth-order valence-electron chi connectivity index (χ4n) is 3.31. The molecule has 1 atom stereocenters. The average Bonchev–Trinajstić information content (AvgIpc) is 3.13. The Kier molecular flexibility index (Phi) is 6.19. The Morgan fingerprint density at radius 1 is 1.14 bits per heavy atom. The summed E-state index contributed by atoms with van der Waals surface area (Å²) in [6.07, 6.45) is 0.173. The molecular formula is C22H26N2O4. The summed E-state index contributed by atoms with van der Waals surface area (Å²) in [6, 6.07) is 14.5. The van der Waals surface area contributed by atoms with E-state index < -0.39 is 12.1 Å². The summed E-state index contributed by atoms with van der Waals surface area (Å²) in [4.78, 5) is 27.1. The highest BCUT2D eigenvalue weighted by Crippen LogP contribution is 2.32. The van der Waals surface area contributed by atoms with Gasteiger partial charge in [-0.15, -0.1) is 0 Å². The number of nitrogens with zero attached hydrogens (tertiary/aromatic N) is 1. The summed E-state index contributed by atoms with van der Waals surface area (Å²) in [6.45, 7) is 4.57. The fourth-order valence-corrected chi connectivity index (χ4v) is 3.31.